The van der Waals surface area contributed by atoms with Crippen LogP contribution >= 0.6 is 0 Å². The van der Waals surface area contributed by atoms with Crippen LogP contribution in [0.25, 0.3) is 0 Å². The van der Waals surface area contributed by atoms with E-state index in [1.807, 2.05) is 0 Å². The first kappa shape index (κ1) is 20.9. The molecule has 0 aliphatic carbocycles. The van der Waals surface area contributed by atoms with E-state index in [1.165, 1.54) is 7.11 Å². The van der Waals surface area contributed by atoms with Gasteiger partial charge >= 0.3 is 0 Å². The molecule has 10 atom stereocenters. The highest BCUT2D eigenvalue weighted by atomic mass is 16.7. The number of rotatable bonds is 6. The van der Waals surface area contributed by atoms with Gasteiger partial charge in [0, 0.05) is 7.11 Å². The fourth-order valence-electron chi connectivity index (χ4n) is 3.26. The zero-order chi connectivity index (χ0) is 18.7. The smallest absolute Gasteiger partial charge is 0.187 e. The van der Waals surface area contributed by atoms with Gasteiger partial charge in [-0.1, -0.05) is 6.92 Å². The van der Waals surface area contributed by atoms with Crippen molar-refractivity contribution in [2.24, 2.45) is 0 Å². The van der Waals surface area contributed by atoms with Gasteiger partial charge in [-0.05, 0) is 6.42 Å². The molecule has 2 aliphatic heterocycles. The summed E-state index contributed by atoms with van der Waals surface area (Å²) in [6.07, 6.45) is -11.2. The Morgan fingerprint density at radius 3 is 1.80 bits per heavy atom. The average molecular weight is 368 g/mol. The lowest BCUT2D eigenvalue weighted by Gasteiger charge is -2.46. The number of hydrogen-bond acceptors (Lipinski definition) is 10. The third kappa shape index (κ3) is 4.14. The predicted octanol–water partition coefficient (Wildman–Crippen LogP) is -3.28. The lowest BCUT2D eigenvalue weighted by molar-refractivity contribution is -0.343. The molecule has 0 aromatic heterocycles. The van der Waals surface area contributed by atoms with E-state index in [0.717, 1.165) is 0 Å². The van der Waals surface area contributed by atoms with Gasteiger partial charge < -0.3 is 49.6 Å². The molecule has 148 valence electrons. The molecular formula is C15H28O10. The normalized spacial score (nSPS) is 48.5. The van der Waals surface area contributed by atoms with E-state index in [9.17, 15) is 30.6 Å². The Bertz CT molecular complexity index is 394. The topological polar surface area (TPSA) is 158 Å². The summed E-state index contributed by atoms with van der Waals surface area (Å²) in [5, 5.41) is 59.6. The Hall–Kier alpha value is -0.400. The van der Waals surface area contributed by atoms with Crippen LogP contribution in [0.5, 0.6) is 0 Å². The maximum atomic E-state index is 10.4. The monoisotopic (exact) mass is 368 g/mol. The molecule has 2 fully saturated rings. The zero-order valence-electron chi connectivity index (χ0n) is 14.2. The van der Waals surface area contributed by atoms with Gasteiger partial charge in [0.15, 0.2) is 6.29 Å². The summed E-state index contributed by atoms with van der Waals surface area (Å²) in [7, 11) is 1.28. The van der Waals surface area contributed by atoms with Crippen molar-refractivity contribution in [2.45, 2.75) is 74.6 Å². The molecule has 6 unspecified atom stereocenters. The Kier molecular flexibility index (Phi) is 7.52. The van der Waals surface area contributed by atoms with Gasteiger partial charge in [-0.15, -0.1) is 0 Å². The fraction of sp³-hybridized carbons (Fsp3) is 1.00. The number of aliphatic hydroxyl groups is 6. The maximum absolute atomic E-state index is 10.4. The lowest BCUT2D eigenvalue weighted by Crippen LogP contribution is -2.64. The number of methoxy groups -OCH3 is 1. The van der Waals surface area contributed by atoms with E-state index < -0.39 is 74.4 Å². The molecule has 2 rings (SSSR count). The fourth-order valence-corrected chi connectivity index (χ4v) is 3.26. The minimum Gasteiger partial charge on any atom is -0.394 e. The van der Waals surface area contributed by atoms with Crippen LogP contribution in [0.4, 0.5) is 0 Å². The molecule has 0 aromatic carbocycles. The summed E-state index contributed by atoms with van der Waals surface area (Å²) in [6, 6.07) is 0. The second-order valence-corrected chi connectivity index (χ2v) is 6.29. The highest BCUT2D eigenvalue weighted by Crippen LogP contribution is 2.30. The Labute approximate surface area is 145 Å². The summed E-state index contributed by atoms with van der Waals surface area (Å²) >= 11 is 0. The van der Waals surface area contributed by atoms with E-state index in [0.29, 0.717) is 6.42 Å². The molecule has 0 amide bonds. The van der Waals surface area contributed by atoms with Gasteiger partial charge in [-0.2, -0.15) is 0 Å². The molecule has 0 spiro atoms. The third-order valence-corrected chi connectivity index (χ3v) is 4.75. The standard InChI is InChI=1S/C15H28O10/c1-3-6-9(18)14(11(20)7(4-16)23-6)25-15-12(21)13(22-2)10(19)8(5-17)24-15/h6-21H,3-5H2,1-2H3/t6-,7?,8?,9?,10+,11+,12?,13?,14?,15-/m0/s1. The van der Waals surface area contributed by atoms with Crippen LogP contribution in [0.15, 0.2) is 0 Å². The van der Waals surface area contributed by atoms with E-state index in [4.69, 9.17) is 18.9 Å². The quantitative estimate of drug-likeness (QED) is 0.281. The minimum atomic E-state index is -1.42. The molecule has 2 heterocycles. The lowest BCUT2D eigenvalue weighted by atomic mass is 9.93. The first-order valence-electron chi connectivity index (χ1n) is 8.32. The summed E-state index contributed by atoms with van der Waals surface area (Å²) in [5.41, 5.74) is 0. The second-order valence-electron chi connectivity index (χ2n) is 6.29. The Balaban J connectivity index is 2.16. The highest BCUT2D eigenvalue weighted by molar-refractivity contribution is 4.95. The molecule has 0 saturated carbocycles. The first-order chi connectivity index (χ1) is 11.9. The zero-order valence-corrected chi connectivity index (χ0v) is 14.2. The van der Waals surface area contributed by atoms with Crippen LogP contribution in [-0.4, -0.2) is 112 Å². The van der Waals surface area contributed by atoms with E-state index in [2.05, 4.69) is 0 Å². The molecule has 25 heavy (non-hydrogen) atoms. The van der Waals surface area contributed by atoms with Crippen LogP contribution in [-0.2, 0) is 18.9 Å². The second kappa shape index (κ2) is 9.00. The van der Waals surface area contributed by atoms with Crippen LogP contribution in [0.1, 0.15) is 13.3 Å². The van der Waals surface area contributed by atoms with Crippen molar-refractivity contribution in [1.82, 2.24) is 0 Å². The van der Waals surface area contributed by atoms with Crippen LogP contribution in [0.2, 0.25) is 0 Å². The molecule has 6 N–H and O–H groups in total. The van der Waals surface area contributed by atoms with Crippen molar-refractivity contribution >= 4 is 0 Å². The van der Waals surface area contributed by atoms with Crippen molar-refractivity contribution in [3.63, 3.8) is 0 Å². The Morgan fingerprint density at radius 1 is 0.760 bits per heavy atom. The number of aliphatic hydroxyl groups excluding tert-OH is 6. The molecule has 2 saturated heterocycles. The van der Waals surface area contributed by atoms with Gasteiger partial charge in [0.05, 0.1) is 19.3 Å². The first-order valence-corrected chi connectivity index (χ1v) is 8.32. The van der Waals surface area contributed by atoms with E-state index in [-0.39, 0.29) is 0 Å². The van der Waals surface area contributed by atoms with Gasteiger partial charge in [0.1, 0.15) is 48.8 Å². The number of ether oxygens (including phenoxy) is 4. The molecule has 0 aromatic rings. The maximum Gasteiger partial charge on any atom is 0.187 e. The summed E-state index contributed by atoms with van der Waals surface area (Å²) in [4.78, 5) is 0. The van der Waals surface area contributed by atoms with E-state index in [1.54, 1.807) is 6.92 Å². The van der Waals surface area contributed by atoms with Crippen molar-refractivity contribution < 1.29 is 49.6 Å². The van der Waals surface area contributed by atoms with Gasteiger partial charge in [-0.25, -0.2) is 0 Å². The van der Waals surface area contributed by atoms with Crippen molar-refractivity contribution in [3.05, 3.63) is 0 Å². The summed E-state index contributed by atoms with van der Waals surface area (Å²) < 4.78 is 21.4. The molecule has 0 bridgehead atoms. The number of hydrogen-bond donors (Lipinski definition) is 6. The van der Waals surface area contributed by atoms with Gasteiger partial charge in [0.2, 0.25) is 0 Å². The van der Waals surface area contributed by atoms with Crippen molar-refractivity contribution in [3.8, 4) is 0 Å². The van der Waals surface area contributed by atoms with Crippen molar-refractivity contribution in [1.29, 1.82) is 0 Å². The summed E-state index contributed by atoms with van der Waals surface area (Å²) in [6.45, 7) is 0.752. The summed E-state index contributed by atoms with van der Waals surface area (Å²) in [5.74, 6) is 0. The van der Waals surface area contributed by atoms with Crippen molar-refractivity contribution in [2.75, 3.05) is 20.3 Å². The SMILES string of the molecule is CC[C@@H]1OC(CO)[C@@H](O)C(O[C@@H]2OC(CO)[C@@H](O)C(OC)C2O)C1O. The minimum absolute atomic E-state index is 0.414. The van der Waals surface area contributed by atoms with Gasteiger partial charge in [-0.3, -0.25) is 0 Å². The molecule has 10 heteroatoms. The average Bonchev–Trinajstić information content (AvgIpc) is 2.61. The van der Waals surface area contributed by atoms with Crippen LogP contribution in [0.3, 0.4) is 0 Å². The molecular weight excluding hydrogens is 340 g/mol. The molecule has 10 nitrogen and oxygen atoms in total. The molecule has 2 aliphatic rings. The molecule has 0 radical (unpaired) electrons. The van der Waals surface area contributed by atoms with Crippen LogP contribution in [0, 0.1) is 0 Å². The predicted molar refractivity (Wildman–Crippen MR) is 81.5 cm³/mol. The largest absolute Gasteiger partial charge is 0.394 e. The Morgan fingerprint density at radius 2 is 1.28 bits per heavy atom. The third-order valence-electron chi connectivity index (χ3n) is 4.75. The van der Waals surface area contributed by atoms with Gasteiger partial charge in [0.25, 0.3) is 0 Å². The highest BCUT2D eigenvalue weighted by Gasteiger charge is 2.50. The van der Waals surface area contributed by atoms with Crippen LogP contribution < -0.4 is 0 Å². The van der Waals surface area contributed by atoms with E-state index >= 15 is 0 Å².